The molecule has 3 aromatic rings. The fraction of sp³-hybridized carbons (Fsp3) is 0.357. The summed E-state index contributed by atoms with van der Waals surface area (Å²) in [6, 6.07) is 17.0. The van der Waals surface area contributed by atoms with E-state index in [1.807, 2.05) is 50.2 Å². The fourth-order valence-corrected chi connectivity index (χ4v) is 4.28. The molecule has 1 saturated heterocycles. The number of piperazine rings is 1. The van der Waals surface area contributed by atoms with Gasteiger partial charge < -0.3 is 19.4 Å². The number of anilines is 1. The van der Waals surface area contributed by atoms with Crippen LogP contribution in [0.3, 0.4) is 0 Å². The summed E-state index contributed by atoms with van der Waals surface area (Å²) in [5.74, 6) is 0.606. The van der Waals surface area contributed by atoms with Crippen LogP contribution in [0.1, 0.15) is 30.6 Å². The SMILES string of the molecule is CCC(C)N(CC(=O)N1CCN(c2ccc(-c3ccc(OC)cc3)nn2)CC1)C(=O)c1cccc(F)c1. The molecule has 194 valence electrons. The second kappa shape index (κ2) is 11.8. The van der Waals surface area contributed by atoms with E-state index >= 15 is 0 Å². The van der Waals surface area contributed by atoms with Gasteiger partial charge in [-0.15, -0.1) is 10.2 Å². The molecule has 9 heteroatoms. The van der Waals surface area contributed by atoms with E-state index in [1.165, 1.54) is 23.1 Å². The molecule has 0 N–H and O–H groups in total. The van der Waals surface area contributed by atoms with E-state index in [0.717, 1.165) is 22.8 Å². The van der Waals surface area contributed by atoms with Crippen molar-refractivity contribution >= 4 is 17.6 Å². The molecular weight excluding hydrogens is 473 g/mol. The van der Waals surface area contributed by atoms with Gasteiger partial charge in [0, 0.05) is 43.3 Å². The van der Waals surface area contributed by atoms with Gasteiger partial charge in [-0.3, -0.25) is 9.59 Å². The van der Waals surface area contributed by atoms with Gasteiger partial charge in [-0.25, -0.2) is 4.39 Å². The summed E-state index contributed by atoms with van der Waals surface area (Å²) in [4.78, 5) is 31.6. The summed E-state index contributed by atoms with van der Waals surface area (Å²) in [6.07, 6.45) is 0.688. The summed E-state index contributed by atoms with van der Waals surface area (Å²) in [5.41, 5.74) is 1.97. The zero-order valence-corrected chi connectivity index (χ0v) is 21.4. The number of amides is 2. The van der Waals surface area contributed by atoms with Gasteiger partial charge in [0.1, 0.15) is 18.1 Å². The molecular formula is C28H32FN5O3. The first-order valence-corrected chi connectivity index (χ1v) is 12.5. The first-order valence-electron chi connectivity index (χ1n) is 12.5. The highest BCUT2D eigenvalue weighted by atomic mass is 19.1. The maximum Gasteiger partial charge on any atom is 0.254 e. The Morgan fingerprint density at radius 1 is 1.03 bits per heavy atom. The molecule has 4 rings (SSSR count). The molecule has 1 atom stereocenters. The number of carbonyl (C=O) groups excluding carboxylic acids is 2. The first-order chi connectivity index (χ1) is 17.9. The predicted molar refractivity (Wildman–Crippen MR) is 140 cm³/mol. The largest absolute Gasteiger partial charge is 0.497 e. The second-order valence-electron chi connectivity index (χ2n) is 9.07. The lowest BCUT2D eigenvalue weighted by atomic mass is 10.1. The number of hydrogen-bond donors (Lipinski definition) is 0. The smallest absolute Gasteiger partial charge is 0.254 e. The number of nitrogens with zero attached hydrogens (tertiary/aromatic N) is 5. The van der Waals surface area contributed by atoms with Crippen molar-refractivity contribution in [1.29, 1.82) is 0 Å². The van der Waals surface area contributed by atoms with E-state index in [4.69, 9.17) is 4.74 Å². The number of ether oxygens (including phenoxy) is 1. The van der Waals surface area contributed by atoms with Gasteiger partial charge in [0.15, 0.2) is 5.82 Å². The Balaban J connectivity index is 1.35. The highest BCUT2D eigenvalue weighted by Gasteiger charge is 2.28. The highest BCUT2D eigenvalue weighted by Crippen LogP contribution is 2.22. The number of hydrogen-bond acceptors (Lipinski definition) is 6. The maximum atomic E-state index is 13.7. The molecule has 2 heterocycles. The number of carbonyl (C=O) groups is 2. The molecule has 1 unspecified atom stereocenters. The van der Waals surface area contributed by atoms with Gasteiger partial charge >= 0.3 is 0 Å². The number of rotatable bonds is 8. The van der Waals surface area contributed by atoms with Crippen LogP contribution in [0.5, 0.6) is 5.75 Å². The van der Waals surface area contributed by atoms with Gasteiger partial charge in [-0.1, -0.05) is 13.0 Å². The minimum absolute atomic E-state index is 0.0410. The van der Waals surface area contributed by atoms with Gasteiger partial charge in [0.2, 0.25) is 5.91 Å². The molecule has 0 bridgehead atoms. The van der Waals surface area contributed by atoms with Gasteiger partial charge in [0.05, 0.1) is 12.8 Å². The molecule has 8 nitrogen and oxygen atoms in total. The fourth-order valence-electron chi connectivity index (χ4n) is 4.28. The summed E-state index contributed by atoms with van der Waals surface area (Å²) in [7, 11) is 1.63. The van der Waals surface area contributed by atoms with Crippen LogP contribution in [-0.4, -0.2) is 77.7 Å². The van der Waals surface area contributed by atoms with Gasteiger partial charge in [0.25, 0.3) is 5.91 Å². The zero-order valence-electron chi connectivity index (χ0n) is 21.4. The molecule has 37 heavy (non-hydrogen) atoms. The van der Waals surface area contributed by atoms with Crippen LogP contribution in [0.4, 0.5) is 10.2 Å². The van der Waals surface area contributed by atoms with Crippen molar-refractivity contribution in [2.45, 2.75) is 26.3 Å². The van der Waals surface area contributed by atoms with Crippen molar-refractivity contribution in [3.8, 4) is 17.0 Å². The molecule has 2 amide bonds. The van der Waals surface area contributed by atoms with E-state index in [9.17, 15) is 14.0 Å². The van der Waals surface area contributed by atoms with E-state index in [1.54, 1.807) is 18.1 Å². The topological polar surface area (TPSA) is 78.9 Å². The van der Waals surface area contributed by atoms with Crippen molar-refractivity contribution in [2.24, 2.45) is 0 Å². The molecule has 1 fully saturated rings. The van der Waals surface area contributed by atoms with Crippen LogP contribution in [0.15, 0.2) is 60.7 Å². The van der Waals surface area contributed by atoms with Crippen LogP contribution in [0.25, 0.3) is 11.3 Å². The minimum Gasteiger partial charge on any atom is -0.497 e. The van der Waals surface area contributed by atoms with Crippen LogP contribution in [-0.2, 0) is 4.79 Å². The average molecular weight is 506 g/mol. The van der Waals surface area contributed by atoms with E-state index in [0.29, 0.717) is 32.6 Å². The quantitative estimate of drug-likeness (QED) is 0.462. The standard InChI is InChI=1S/C28H32FN5O3/c1-4-20(2)34(28(36)22-6-5-7-23(29)18-22)19-27(35)33-16-14-32(15-17-33)26-13-12-25(30-31-26)21-8-10-24(37-3)11-9-21/h5-13,18,20H,4,14-17,19H2,1-3H3. The van der Waals surface area contributed by atoms with Gasteiger partial charge in [-0.2, -0.15) is 0 Å². The van der Waals surface area contributed by atoms with Gasteiger partial charge in [-0.05, 0) is 67.9 Å². The molecule has 0 spiro atoms. The van der Waals surface area contributed by atoms with E-state index in [2.05, 4.69) is 15.1 Å². The Kier molecular flexibility index (Phi) is 8.32. The minimum atomic E-state index is -0.475. The van der Waals surface area contributed by atoms with Crippen molar-refractivity contribution < 1.29 is 18.7 Å². The normalized spacial score (nSPS) is 14.3. The third-order valence-corrected chi connectivity index (χ3v) is 6.75. The summed E-state index contributed by atoms with van der Waals surface area (Å²) in [6.45, 7) is 6.08. The Morgan fingerprint density at radius 2 is 1.76 bits per heavy atom. The number of benzene rings is 2. The van der Waals surface area contributed by atoms with Crippen molar-refractivity contribution in [2.75, 3.05) is 44.7 Å². The molecule has 2 aromatic carbocycles. The summed E-state index contributed by atoms with van der Waals surface area (Å²) in [5, 5.41) is 8.77. The van der Waals surface area contributed by atoms with Crippen LogP contribution in [0.2, 0.25) is 0 Å². The second-order valence-corrected chi connectivity index (χ2v) is 9.07. The van der Waals surface area contributed by atoms with Crippen molar-refractivity contribution in [3.63, 3.8) is 0 Å². The Hall–Kier alpha value is -4.01. The Labute approximate surface area is 216 Å². The zero-order chi connectivity index (χ0) is 26.4. The molecule has 0 aliphatic carbocycles. The first kappa shape index (κ1) is 26.1. The molecule has 0 saturated carbocycles. The van der Waals surface area contributed by atoms with Crippen LogP contribution >= 0.6 is 0 Å². The van der Waals surface area contributed by atoms with Crippen LogP contribution < -0.4 is 9.64 Å². The molecule has 0 radical (unpaired) electrons. The van der Waals surface area contributed by atoms with Crippen LogP contribution in [0, 0.1) is 5.82 Å². The Bertz CT molecular complexity index is 1210. The third-order valence-electron chi connectivity index (χ3n) is 6.75. The number of aromatic nitrogens is 2. The molecule has 1 aliphatic heterocycles. The summed E-state index contributed by atoms with van der Waals surface area (Å²) < 4.78 is 18.9. The number of halogens is 1. The average Bonchev–Trinajstić information content (AvgIpc) is 2.95. The highest BCUT2D eigenvalue weighted by molar-refractivity contribution is 5.96. The lowest BCUT2D eigenvalue weighted by Crippen LogP contribution is -2.53. The number of methoxy groups -OCH3 is 1. The van der Waals surface area contributed by atoms with E-state index < -0.39 is 5.82 Å². The van der Waals surface area contributed by atoms with Crippen molar-refractivity contribution in [3.05, 3.63) is 72.0 Å². The maximum absolute atomic E-state index is 13.7. The third kappa shape index (κ3) is 6.22. The molecule has 1 aliphatic rings. The predicted octanol–water partition coefficient (Wildman–Crippen LogP) is 3.88. The molecule has 1 aromatic heterocycles. The lowest BCUT2D eigenvalue weighted by Gasteiger charge is -2.37. The Morgan fingerprint density at radius 3 is 2.35 bits per heavy atom. The van der Waals surface area contributed by atoms with E-state index in [-0.39, 0.29) is 30.0 Å². The monoisotopic (exact) mass is 505 g/mol. The van der Waals surface area contributed by atoms with Crippen molar-refractivity contribution in [1.82, 2.24) is 20.0 Å². The lowest BCUT2D eigenvalue weighted by molar-refractivity contribution is -0.132. The summed E-state index contributed by atoms with van der Waals surface area (Å²) >= 11 is 0.